The van der Waals surface area contributed by atoms with Gasteiger partial charge in [0, 0.05) is 76.8 Å². The lowest BCUT2D eigenvalue weighted by molar-refractivity contribution is 0.190. The number of rotatable bonds is 5. The molecule has 0 radical (unpaired) electrons. The van der Waals surface area contributed by atoms with Crippen LogP contribution in [0.15, 0.2) is 48.5 Å². The Balaban J connectivity index is 0.00000240. The second-order valence-corrected chi connectivity index (χ2v) is 8.34. The SMILES string of the molecule is C.Cc1cccc(N2CCN(CCN3CCN(c4cccc(C)c4)CC3)CC2)c1. The Morgan fingerprint density at radius 3 is 1.31 bits per heavy atom. The van der Waals surface area contributed by atoms with Crippen LogP contribution in [0.25, 0.3) is 0 Å². The molecule has 0 amide bonds. The van der Waals surface area contributed by atoms with E-state index < -0.39 is 0 Å². The summed E-state index contributed by atoms with van der Waals surface area (Å²) in [5.74, 6) is 0. The minimum atomic E-state index is 0. The van der Waals surface area contributed by atoms with Crippen LogP contribution in [0, 0.1) is 13.8 Å². The average molecular weight is 395 g/mol. The standard InChI is InChI=1S/C24H34N4.CH4/c1-21-5-3-7-23(19-21)27-15-11-25(12-16-27)9-10-26-13-17-28(18-14-26)24-8-4-6-22(2)20-24;/h3-8,19-20H,9-18H2,1-2H3;1H4. The Bertz CT molecular complexity index is 693. The Morgan fingerprint density at radius 1 is 0.586 bits per heavy atom. The predicted molar refractivity (Wildman–Crippen MR) is 126 cm³/mol. The lowest BCUT2D eigenvalue weighted by Crippen LogP contribution is -2.51. The van der Waals surface area contributed by atoms with Crippen LogP contribution in [0.5, 0.6) is 0 Å². The lowest BCUT2D eigenvalue weighted by atomic mass is 10.2. The van der Waals surface area contributed by atoms with E-state index in [0.717, 1.165) is 26.2 Å². The summed E-state index contributed by atoms with van der Waals surface area (Å²) < 4.78 is 0. The lowest BCUT2D eigenvalue weighted by Gasteiger charge is -2.39. The maximum absolute atomic E-state index is 2.64. The van der Waals surface area contributed by atoms with E-state index in [-0.39, 0.29) is 7.43 Å². The Labute approximate surface area is 177 Å². The number of nitrogens with zero attached hydrogens (tertiary/aromatic N) is 4. The van der Waals surface area contributed by atoms with Crippen LogP contribution in [0.4, 0.5) is 11.4 Å². The third-order valence-corrected chi connectivity index (χ3v) is 6.21. The van der Waals surface area contributed by atoms with Crippen molar-refractivity contribution in [2.45, 2.75) is 21.3 Å². The minimum Gasteiger partial charge on any atom is -0.369 e. The Kier molecular flexibility index (Phi) is 7.57. The second kappa shape index (κ2) is 10.1. The van der Waals surface area contributed by atoms with E-state index in [1.807, 2.05) is 0 Å². The van der Waals surface area contributed by atoms with Gasteiger partial charge in [-0.15, -0.1) is 0 Å². The van der Waals surface area contributed by atoms with Gasteiger partial charge in [-0.2, -0.15) is 0 Å². The Morgan fingerprint density at radius 2 is 0.966 bits per heavy atom. The Hall–Kier alpha value is -2.04. The molecule has 2 aromatic carbocycles. The molecule has 0 atom stereocenters. The number of aryl methyl sites for hydroxylation is 2. The fourth-order valence-electron chi connectivity index (χ4n) is 4.39. The first-order chi connectivity index (χ1) is 13.7. The van der Waals surface area contributed by atoms with Crippen LogP contribution in [0.2, 0.25) is 0 Å². The fraction of sp³-hybridized carbons (Fsp3) is 0.520. The van der Waals surface area contributed by atoms with Crippen molar-refractivity contribution >= 4 is 11.4 Å². The molecule has 0 aromatic heterocycles. The smallest absolute Gasteiger partial charge is 0.0369 e. The molecule has 29 heavy (non-hydrogen) atoms. The molecule has 4 rings (SSSR count). The number of anilines is 2. The predicted octanol–water partition coefficient (Wildman–Crippen LogP) is 3.88. The molecule has 4 nitrogen and oxygen atoms in total. The zero-order valence-corrected chi connectivity index (χ0v) is 17.5. The molecule has 0 spiro atoms. The quantitative estimate of drug-likeness (QED) is 0.763. The molecule has 2 fully saturated rings. The van der Waals surface area contributed by atoms with Gasteiger partial charge < -0.3 is 9.80 Å². The molecular formula is C25H38N4. The van der Waals surface area contributed by atoms with Crippen molar-refractivity contribution in [3.8, 4) is 0 Å². The molecule has 0 aliphatic carbocycles. The normalized spacial score (nSPS) is 18.6. The first kappa shape index (κ1) is 21.7. The third-order valence-electron chi connectivity index (χ3n) is 6.21. The molecule has 0 N–H and O–H groups in total. The molecule has 2 saturated heterocycles. The second-order valence-electron chi connectivity index (χ2n) is 8.34. The van der Waals surface area contributed by atoms with E-state index in [1.165, 1.54) is 61.8 Å². The van der Waals surface area contributed by atoms with Crippen molar-refractivity contribution < 1.29 is 0 Å². The summed E-state index contributed by atoms with van der Waals surface area (Å²) >= 11 is 0. The summed E-state index contributed by atoms with van der Waals surface area (Å²) in [5, 5.41) is 0. The largest absolute Gasteiger partial charge is 0.369 e. The van der Waals surface area contributed by atoms with Gasteiger partial charge in [0.25, 0.3) is 0 Å². The summed E-state index contributed by atoms with van der Waals surface area (Å²) in [5.41, 5.74) is 5.47. The van der Waals surface area contributed by atoms with Crippen LogP contribution in [-0.4, -0.2) is 75.2 Å². The van der Waals surface area contributed by atoms with Crippen LogP contribution in [0.1, 0.15) is 18.6 Å². The van der Waals surface area contributed by atoms with E-state index in [9.17, 15) is 0 Å². The maximum Gasteiger partial charge on any atom is 0.0369 e. The van der Waals surface area contributed by atoms with E-state index in [1.54, 1.807) is 0 Å². The fourth-order valence-corrected chi connectivity index (χ4v) is 4.39. The van der Waals surface area contributed by atoms with Gasteiger partial charge in [-0.05, 0) is 49.2 Å². The summed E-state index contributed by atoms with van der Waals surface area (Å²) in [7, 11) is 0. The van der Waals surface area contributed by atoms with Crippen LogP contribution >= 0.6 is 0 Å². The first-order valence-corrected chi connectivity index (χ1v) is 10.8. The van der Waals surface area contributed by atoms with E-state index in [0.29, 0.717) is 0 Å². The summed E-state index contributed by atoms with van der Waals surface area (Å²) in [6, 6.07) is 17.8. The summed E-state index contributed by atoms with van der Waals surface area (Å²) in [6.07, 6.45) is 0. The van der Waals surface area contributed by atoms with Gasteiger partial charge in [-0.25, -0.2) is 0 Å². The molecule has 2 aliphatic heterocycles. The number of hydrogen-bond donors (Lipinski definition) is 0. The van der Waals surface area contributed by atoms with Gasteiger partial charge >= 0.3 is 0 Å². The van der Waals surface area contributed by atoms with E-state index in [2.05, 4.69) is 82.0 Å². The first-order valence-electron chi connectivity index (χ1n) is 10.8. The molecule has 2 heterocycles. The van der Waals surface area contributed by atoms with E-state index >= 15 is 0 Å². The minimum absolute atomic E-state index is 0. The molecule has 2 aromatic rings. The summed E-state index contributed by atoms with van der Waals surface area (Å²) in [6.45, 7) is 16.0. The highest BCUT2D eigenvalue weighted by atomic mass is 15.3. The zero-order valence-electron chi connectivity index (χ0n) is 17.5. The molecule has 0 unspecified atom stereocenters. The number of piperazine rings is 2. The molecule has 158 valence electrons. The van der Waals surface area contributed by atoms with Gasteiger partial charge in [0.2, 0.25) is 0 Å². The number of hydrogen-bond acceptors (Lipinski definition) is 4. The highest BCUT2D eigenvalue weighted by Crippen LogP contribution is 2.19. The topological polar surface area (TPSA) is 13.0 Å². The van der Waals surface area contributed by atoms with Gasteiger partial charge in [0.1, 0.15) is 0 Å². The third kappa shape index (κ3) is 5.74. The van der Waals surface area contributed by atoms with Crippen LogP contribution in [-0.2, 0) is 0 Å². The highest BCUT2D eigenvalue weighted by molar-refractivity contribution is 5.49. The highest BCUT2D eigenvalue weighted by Gasteiger charge is 2.20. The monoisotopic (exact) mass is 394 g/mol. The molecule has 0 bridgehead atoms. The molecule has 2 aliphatic rings. The van der Waals surface area contributed by atoms with Crippen LogP contribution < -0.4 is 9.80 Å². The van der Waals surface area contributed by atoms with Crippen molar-refractivity contribution in [1.29, 1.82) is 0 Å². The van der Waals surface area contributed by atoms with Crippen molar-refractivity contribution in [3.63, 3.8) is 0 Å². The molecule has 0 saturated carbocycles. The van der Waals surface area contributed by atoms with Gasteiger partial charge in [-0.1, -0.05) is 31.7 Å². The molecular weight excluding hydrogens is 356 g/mol. The van der Waals surface area contributed by atoms with Gasteiger partial charge in [-0.3, -0.25) is 9.80 Å². The summed E-state index contributed by atoms with van der Waals surface area (Å²) in [4.78, 5) is 10.3. The maximum atomic E-state index is 2.64. The van der Waals surface area contributed by atoms with Gasteiger partial charge in [0.15, 0.2) is 0 Å². The van der Waals surface area contributed by atoms with E-state index in [4.69, 9.17) is 0 Å². The average Bonchev–Trinajstić information content (AvgIpc) is 2.73. The van der Waals surface area contributed by atoms with Gasteiger partial charge in [0.05, 0.1) is 0 Å². The molecule has 4 heteroatoms. The zero-order chi connectivity index (χ0) is 19.3. The van der Waals surface area contributed by atoms with Crippen molar-refractivity contribution in [2.24, 2.45) is 0 Å². The number of benzene rings is 2. The van der Waals surface area contributed by atoms with Crippen molar-refractivity contribution in [1.82, 2.24) is 9.80 Å². The van der Waals surface area contributed by atoms with Crippen molar-refractivity contribution in [2.75, 3.05) is 75.2 Å². The van der Waals surface area contributed by atoms with Crippen molar-refractivity contribution in [3.05, 3.63) is 59.7 Å². The van der Waals surface area contributed by atoms with Crippen LogP contribution in [0.3, 0.4) is 0 Å².